The van der Waals surface area contributed by atoms with Crippen molar-refractivity contribution >= 4 is 28.6 Å². The first-order valence-corrected chi connectivity index (χ1v) is 9.07. The van der Waals surface area contributed by atoms with Crippen LogP contribution in [0.4, 0.5) is 0 Å². The molecule has 3 heteroatoms. The lowest BCUT2D eigenvalue weighted by molar-refractivity contribution is 0.570. The topological polar surface area (TPSA) is 12.4 Å². The average Bonchev–Trinajstić information content (AvgIpc) is 2.12. The Morgan fingerprint density at radius 3 is 2.06 bits per heavy atom. The molecule has 106 valence electrons. The summed E-state index contributed by atoms with van der Waals surface area (Å²) in [5.41, 5.74) is 0. The van der Waals surface area contributed by atoms with Crippen LogP contribution in [0, 0.1) is 17.8 Å². The van der Waals surface area contributed by atoms with Gasteiger partial charge < -0.3 is 0 Å². The van der Waals surface area contributed by atoms with Crippen LogP contribution >= 0.6 is 23.5 Å². The summed E-state index contributed by atoms with van der Waals surface area (Å²) < 4.78 is 0.722. The molecule has 0 spiro atoms. The Labute approximate surface area is 122 Å². The van der Waals surface area contributed by atoms with Crippen LogP contribution in [0.5, 0.6) is 0 Å². The molecule has 0 aromatic rings. The van der Waals surface area contributed by atoms with Gasteiger partial charge in [0, 0.05) is 0 Å². The summed E-state index contributed by atoms with van der Waals surface area (Å²) in [6, 6.07) is 0. The van der Waals surface area contributed by atoms with Gasteiger partial charge in [-0.2, -0.15) is 0 Å². The molecule has 0 fully saturated rings. The Morgan fingerprint density at radius 1 is 0.944 bits per heavy atom. The second kappa shape index (κ2) is 7.84. The molecule has 0 saturated heterocycles. The summed E-state index contributed by atoms with van der Waals surface area (Å²) in [5.74, 6) is 2.25. The summed E-state index contributed by atoms with van der Waals surface area (Å²) in [4.78, 5) is 4.96. The highest BCUT2D eigenvalue weighted by Crippen LogP contribution is 2.41. The van der Waals surface area contributed by atoms with Crippen LogP contribution in [0.2, 0.25) is 0 Å². The fourth-order valence-corrected chi connectivity index (χ4v) is 5.97. The number of hydrogen-bond donors (Lipinski definition) is 0. The van der Waals surface area contributed by atoms with Gasteiger partial charge in [-0.1, -0.05) is 53.3 Å². The highest BCUT2D eigenvalue weighted by atomic mass is 32.2. The summed E-state index contributed by atoms with van der Waals surface area (Å²) in [6.45, 7) is 13.8. The molecule has 18 heavy (non-hydrogen) atoms. The van der Waals surface area contributed by atoms with Crippen LogP contribution in [0.15, 0.2) is 4.99 Å². The van der Waals surface area contributed by atoms with Gasteiger partial charge in [0.25, 0.3) is 0 Å². The van der Waals surface area contributed by atoms with Crippen LogP contribution in [0.1, 0.15) is 60.8 Å². The van der Waals surface area contributed by atoms with Gasteiger partial charge in [0.2, 0.25) is 0 Å². The molecule has 1 nitrogen and oxygen atoms in total. The summed E-state index contributed by atoms with van der Waals surface area (Å²) >= 11 is 4.13. The quantitative estimate of drug-likeness (QED) is 0.625. The number of thioether (sulfide) groups is 2. The van der Waals surface area contributed by atoms with Crippen LogP contribution in [0.25, 0.3) is 0 Å². The second-order valence-electron chi connectivity index (χ2n) is 6.52. The third-order valence-corrected chi connectivity index (χ3v) is 5.51. The molecule has 0 aliphatic carbocycles. The van der Waals surface area contributed by atoms with E-state index < -0.39 is 0 Å². The Bertz CT molecular complexity index is 272. The van der Waals surface area contributed by atoms with Gasteiger partial charge in [-0.25, -0.2) is 0 Å². The van der Waals surface area contributed by atoms with Crippen molar-refractivity contribution in [2.45, 2.75) is 70.8 Å². The number of nitrogens with zero attached hydrogens (tertiary/aromatic N) is 1. The van der Waals surface area contributed by atoms with E-state index in [-0.39, 0.29) is 0 Å². The third-order valence-electron chi connectivity index (χ3n) is 2.78. The van der Waals surface area contributed by atoms with Gasteiger partial charge in [-0.15, -0.1) is 11.8 Å². The highest BCUT2D eigenvalue weighted by molar-refractivity contribution is 8.25. The lowest BCUT2D eigenvalue weighted by Crippen LogP contribution is -2.20. The first-order valence-electron chi connectivity index (χ1n) is 7.25. The van der Waals surface area contributed by atoms with Crippen molar-refractivity contribution in [2.75, 3.05) is 0 Å². The Kier molecular flexibility index (Phi) is 7.15. The van der Waals surface area contributed by atoms with E-state index in [0.717, 1.165) is 28.8 Å². The zero-order chi connectivity index (χ0) is 13.7. The van der Waals surface area contributed by atoms with E-state index in [1.807, 2.05) is 11.8 Å². The predicted octanol–water partition coefficient (Wildman–Crippen LogP) is 5.66. The van der Waals surface area contributed by atoms with Gasteiger partial charge in [0.1, 0.15) is 0 Å². The molecule has 0 aromatic carbocycles. The fraction of sp³-hybridized carbons (Fsp3) is 0.933. The van der Waals surface area contributed by atoms with E-state index >= 15 is 0 Å². The lowest BCUT2D eigenvalue weighted by Gasteiger charge is -2.29. The van der Waals surface area contributed by atoms with Crippen LogP contribution in [-0.4, -0.2) is 15.0 Å². The van der Waals surface area contributed by atoms with Gasteiger partial charge in [-0.3, -0.25) is 4.99 Å². The van der Waals surface area contributed by atoms with E-state index in [0.29, 0.717) is 5.37 Å². The third kappa shape index (κ3) is 6.51. The number of rotatable bonds is 6. The molecule has 0 saturated carbocycles. The second-order valence-corrected chi connectivity index (χ2v) is 9.48. The molecule has 2 atom stereocenters. The molecular weight excluding hydrogens is 258 g/mol. The van der Waals surface area contributed by atoms with Gasteiger partial charge in [-0.05, 0) is 37.0 Å². The van der Waals surface area contributed by atoms with Crippen molar-refractivity contribution in [3.63, 3.8) is 0 Å². The standard InChI is InChI=1S/C15H29NS2/c1-10(2)7-13-16-14(8-11(3)4)18-15(17-13)9-12(5)6/h10-13,15H,7-9H2,1-6H3. The first-order chi connectivity index (χ1) is 8.36. The number of aliphatic imine (C=N–C) groups is 1. The smallest absolute Gasteiger partial charge is 0.0974 e. The molecule has 1 aliphatic heterocycles. The Morgan fingerprint density at radius 2 is 1.56 bits per heavy atom. The molecule has 1 rings (SSSR count). The van der Waals surface area contributed by atoms with Crippen molar-refractivity contribution in [3.05, 3.63) is 0 Å². The molecule has 2 unspecified atom stereocenters. The van der Waals surface area contributed by atoms with E-state index in [1.54, 1.807) is 0 Å². The maximum atomic E-state index is 4.96. The van der Waals surface area contributed by atoms with Crippen molar-refractivity contribution in [1.82, 2.24) is 0 Å². The lowest BCUT2D eigenvalue weighted by atomic mass is 10.1. The average molecular weight is 288 g/mol. The Balaban J connectivity index is 2.65. The van der Waals surface area contributed by atoms with Gasteiger partial charge in [0.15, 0.2) is 0 Å². The minimum atomic E-state index is 0.503. The summed E-state index contributed by atoms with van der Waals surface area (Å²) in [7, 11) is 0. The molecule has 1 aliphatic rings. The van der Waals surface area contributed by atoms with E-state index in [1.165, 1.54) is 17.9 Å². The zero-order valence-electron chi connectivity index (χ0n) is 12.8. The van der Waals surface area contributed by atoms with Crippen LogP contribution in [-0.2, 0) is 0 Å². The monoisotopic (exact) mass is 287 g/mol. The maximum Gasteiger partial charge on any atom is 0.0974 e. The molecule has 0 bridgehead atoms. The zero-order valence-corrected chi connectivity index (χ0v) is 14.4. The minimum absolute atomic E-state index is 0.503. The Hall–Kier alpha value is 0.370. The van der Waals surface area contributed by atoms with Crippen molar-refractivity contribution in [2.24, 2.45) is 22.7 Å². The van der Waals surface area contributed by atoms with Crippen LogP contribution in [0.3, 0.4) is 0 Å². The highest BCUT2D eigenvalue weighted by Gasteiger charge is 2.26. The van der Waals surface area contributed by atoms with Gasteiger partial charge >= 0.3 is 0 Å². The van der Waals surface area contributed by atoms with E-state index in [2.05, 4.69) is 53.3 Å². The molecule has 0 radical (unpaired) electrons. The molecule has 0 amide bonds. The molecular formula is C15H29NS2. The van der Waals surface area contributed by atoms with Crippen LogP contribution < -0.4 is 0 Å². The van der Waals surface area contributed by atoms with Gasteiger partial charge in [0.05, 0.1) is 15.0 Å². The minimum Gasteiger partial charge on any atom is -0.269 e. The van der Waals surface area contributed by atoms with Crippen molar-refractivity contribution in [3.8, 4) is 0 Å². The largest absolute Gasteiger partial charge is 0.269 e. The maximum absolute atomic E-state index is 4.96. The molecule has 0 aromatic heterocycles. The number of hydrogen-bond acceptors (Lipinski definition) is 3. The summed E-state index contributed by atoms with van der Waals surface area (Å²) in [6.07, 6.45) is 3.69. The predicted molar refractivity (Wildman–Crippen MR) is 88.6 cm³/mol. The summed E-state index contributed by atoms with van der Waals surface area (Å²) in [5, 5.41) is 1.91. The SMILES string of the molecule is CC(C)CC1=NC(CC(C)C)SC(CC(C)C)S1. The van der Waals surface area contributed by atoms with Crippen molar-refractivity contribution in [1.29, 1.82) is 0 Å². The first kappa shape index (κ1) is 16.4. The van der Waals surface area contributed by atoms with Crippen molar-refractivity contribution < 1.29 is 0 Å². The fourth-order valence-electron chi connectivity index (χ4n) is 2.03. The normalized spacial score (nSPS) is 25.1. The van der Waals surface area contributed by atoms with E-state index in [9.17, 15) is 0 Å². The molecule has 0 N–H and O–H groups in total. The molecule has 1 heterocycles. The van der Waals surface area contributed by atoms with E-state index in [4.69, 9.17) is 4.99 Å².